The number of hydrogen-bond acceptors (Lipinski definition) is 7. The Hall–Kier alpha value is -3.50. The summed E-state index contributed by atoms with van der Waals surface area (Å²) in [6.07, 6.45) is 2.39. The highest BCUT2D eigenvalue weighted by Crippen LogP contribution is 2.79. The number of benzene rings is 1. The van der Waals surface area contributed by atoms with E-state index in [-0.39, 0.29) is 29.0 Å². The second kappa shape index (κ2) is 8.51. The summed E-state index contributed by atoms with van der Waals surface area (Å²) >= 11 is 0. The summed E-state index contributed by atoms with van der Waals surface area (Å²) in [5.74, 6) is 1.36. The van der Waals surface area contributed by atoms with Crippen molar-refractivity contribution < 1.29 is 14.1 Å². The molecule has 2 aromatic heterocycles. The van der Waals surface area contributed by atoms with E-state index in [4.69, 9.17) is 9.51 Å². The second-order valence-corrected chi connectivity index (χ2v) is 11.6. The molecule has 1 aromatic carbocycles. The summed E-state index contributed by atoms with van der Waals surface area (Å²) in [4.78, 5) is 36.9. The predicted octanol–water partition coefficient (Wildman–Crippen LogP) is 2.54. The zero-order chi connectivity index (χ0) is 26.2. The van der Waals surface area contributed by atoms with Crippen molar-refractivity contribution in [3.63, 3.8) is 0 Å². The molecule has 1 N–H and O–H groups in total. The number of likely N-dealkylation sites (N-methyl/N-ethyl adjacent to an activating group) is 1. The molecule has 2 unspecified atom stereocenters. The number of piperidine rings is 1. The molecule has 3 aromatic rings. The van der Waals surface area contributed by atoms with Crippen LogP contribution in [0, 0.1) is 24.2 Å². The summed E-state index contributed by atoms with van der Waals surface area (Å²) in [6, 6.07) is 8.37. The van der Waals surface area contributed by atoms with Gasteiger partial charge in [-0.05, 0) is 61.4 Å². The molecule has 4 atom stereocenters. The Morgan fingerprint density at radius 1 is 1.24 bits per heavy atom. The van der Waals surface area contributed by atoms with Gasteiger partial charge in [0, 0.05) is 57.9 Å². The number of anilines is 1. The van der Waals surface area contributed by atoms with Crippen LogP contribution in [-0.2, 0) is 11.3 Å². The normalized spacial score (nSPS) is 28.6. The van der Waals surface area contributed by atoms with Gasteiger partial charge in [0.25, 0.3) is 5.91 Å². The van der Waals surface area contributed by atoms with E-state index in [0.717, 1.165) is 63.3 Å². The first kappa shape index (κ1) is 23.6. The lowest BCUT2D eigenvalue weighted by molar-refractivity contribution is -0.126. The average Bonchev–Trinajstić information content (AvgIpc) is 3.39. The smallest absolute Gasteiger partial charge is 0.296 e. The zero-order valence-corrected chi connectivity index (χ0v) is 21.9. The number of imidazole rings is 1. The molecule has 4 fully saturated rings. The van der Waals surface area contributed by atoms with E-state index < -0.39 is 0 Å². The lowest BCUT2D eigenvalue weighted by Gasteiger charge is -2.38. The number of fused-ring (bicyclic) bond motifs is 2. The predicted molar refractivity (Wildman–Crippen MR) is 142 cm³/mol. The quantitative estimate of drug-likeness (QED) is 0.504. The first-order valence-corrected chi connectivity index (χ1v) is 13.4. The van der Waals surface area contributed by atoms with Crippen molar-refractivity contribution in [2.24, 2.45) is 17.3 Å². The minimum atomic E-state index is -0.354. The SMILES string of the molecule is C=CC(=O)N1CC2C3[C@@H](n4c(NC(=O)c5cc(C)no5)nc5cc(CN6CCN(C)CC6)ccc54)C[C@@]23C1. The van der Waals surface area contributed by atoms with Crippen molar-refractivity contribution in [2.75, 3.05) is 51.6 Å². The summed E-state index contributed by atoms with van der Waals surface area (Å²) in [6.45, 7) is 12.2. The van der Waals surface area contributed by atoms with E-state index in [9.17, 15) is 9.59 Å². The molecule has 0 bridgehead atoms. The van der Waals surface area contributed by atoms with Crippen molar-refractivity contribution in [3.8, 4) is 0 Å². The van der Waals surface area contributed by atoms with E-state index in [1.54, 1.807) is 13.0 Å². The number of nitrogens with one attached hydrogen (secondary N) is 1. The fourth-order valence-corrected chi connectivity index (χ4v) is 7.26. The number of aromatic nitrogens is 3. The topological polar surface area (TPSA) is 99.7 Å². The molecule has 1 spiro atoms. The van der Waals surface area contributed by atoms with Gasteiger partial charge in [0.1, 0.15) is 0 Å². The summed E-state index contributed by atoms with van der Waals surface area (Å²) in [5, 5.41) is 6.86. The summed E-state index contributed by atoms with van der Waals surface area (Å²) < 4.78 is 7.42. The first-order chi connectivity index (χ1) is 18.4. The maximum atomic E-state index is 13.0. The number of nitrogens with zero attached hydrogens (tertiary/aromatic N) is 6. The van der Waals surface area contributed by atoms with Crippen LogP contribution in [0.4, 0.5) is 5.95 Å². The van der Waals surface area contributed by atoms with Gasteiger partial charge in [-0.15, -0.1) is 0 Å². The number of carbonyl (C=O) groups is 2. The van der Waals surface area contributed by atoms with E-state index in [1.165, 1.54) is 11.6 Å². The minimum absolute atomic E-state index is 0.0186. The third-order valence-electron chi connectivity index (χ3n) is 9.28. The van der Waals surface area contributed by atoms with Crippen LogP contribution in [0.15, 0.2) is 41.4 Å². The molecule has 2 amide bonds. The molecule has 2 aliphatic carbocycles. The van der Waals surface area contributed by atoms with Gasteiger partial charge >= 0.3 is 0 Å². The Kier molecular flexibility index (Phi) is 5.28. The van der Waals surface area contributed by atoms with Gasteiger partial charge in [-0.1, -0.05) is 17.8 Å². The molecule has 10 nitrogen and oxygen atoms in total. The number of carbonyl (C=O) groups excluding carboxylic acids is 2. The zero-order valence-electron chi connectivity index (χ0n) is 21.9. The number of rotatable bonds is 6. The van der Waals surface area contributed by atoms with Gasteiger partial charge < -0.3 is 18.9 Å². The number of amides is 2. The molecule has 2 saturated heterocycles. The average molecular weight is 516 g/mol. The van der Waals surface area contributed by atoms with E-state index >= 15 is 0 Å². The third-order valence-corrected chi connectivity index (χ3v) is 9.28. The number of aryl methyl sites for hydroxylation is 1. The maximum absolute atomic E-state index is 13.0. The van der Waals surface area contributed by atoms with Crippen LogP contribution < -0.4 is 5.32 Å². The van der Waals surface area contributed by atoms with Crippen LogP contribution in [0.5, 0.6) is 0 Å². The van der Waals surface area contributed by atoms with Gasteiger partial charge in [0.2, 0.25) is 17.6 Å². The van der Waals surface area contributed by atoms with E-state index in [0.29, 0.717) is 23.5 Å². The molecule has 2 aliphatic heterocycles. The molecule has 4 aliphatic rings. The van der Waals surface area contributed by atoms with Crippen LogP contribution in [0.1, 0.15) is 34.3 Å². The Labute approximate surface area is 221 Å². The molecule has 7 rings (SSSR count). The second-order valence-electron chi connectivity index (χ2n) is 11.6. The molecular weight excluding hydrogens is 482 g/mol. The number of piperazine rings is 1. The first-order valence-electron chi connectivity index (χ1n) is 13.4. The van der Waals surface area contributed by atoms with Crippen LogP contribution in [0.3, 0.4) is 0 Å². The van der Waals surface area contributed by atoms with Crippen molar-refractivity contribution in [3.05, 3.63) is 53.9 Å². The highest BCUT2D eigenvalue weighted by Gasteiger charge is 2.79. The van der Waals surface area contributed by atoms with Crippen LogP contribution in [0.25, 0.3) is 11.0 Å². The van der Waals surface area contributed by atoms with E-state index in [2.05, 4.69) is 56.7 Å². The molecule has 10 heteroatoms. The molecule has 0 radical (unpaired) electrons. The lowest BCUT2D eigenvalue weighted by atomic mass is 9.79. The fourth-order valence-electron chi connectivity index (χ4n) is 7.26. The standard InChI is InChI=1S/C28H33N7O3/c1-4-24(36)34-15-19-25-22(13-28(19,25)16-34)35-21-6-5-18(14-33-9-7-32(3)8-10-33)12-20(21)29-27(35)30-26(37)23-11-17(2)31-38-23/h4-6,11-12,19,22,25H,1,7-10,13-16H2,2-3H3,(H,29,30,37)/t19?,22-,25?,28+/m0/s1. The van der Waals surface area contributed by atoms with Crippen LogP contribution in [0.2, 0.25) is 0 Å². The maximum Gasteiger partial charge on any atom is 0.296 e. The van der Waals surface area contributed by atoms with E-state index in [1.807, 2.05) is 4.90 Å². The monoisotopic (exact) mass is 515 g/mol. The van der Waals surface area contributed by atoms with Gasteiger partial charge in [0.15, 0.2) is 0 Å². The number of likely N-dealkylation sites (tertiary alicyclic amines) is 1. The number of hydrogen-bond donors (Lipinski definition) is 1. The molecule has 4 heterocycles. The highest BCUT2D eigenvalue weighted by molar-refractivity contribution is 6.02. The molecule has 2 saturated carbocycles. The molecular formula is C28H33N7O3. The van der Waals surface area contributed by atoms with Gasteiger partial charge in [0.05, 0.1) is 16.7 Å². The minimum Gasteiger partial charge on any atom is -0.351 e. The largest absolute Gasteiger partial charge is 0.351 e. The Bertz CT molecular complexity index is 1450. The van der Waals surface area contributed by atoms with Crippen LogP contribution >= 0.6 is 0 Å². The Balaban J connectivity index is 1.18. The van der Waals surface area contributed by atoms with Crippen molar-refractivity contribution >= 4 is 28.8 Å². The van der Waals surface area contributed by atoms with Crippen LogP contribution in [-0.4, -0.2) is 87.5 Å². The molecule has 38 heavy (non-hydrogen) atoms. The van der Waals surface area contributed by atoms with Crippen molar-refractivity contribution in [1.29, 1.82) is 0 Å². The third kappa shape index (κ3) is 3.61. The Morgan fingerprint density at radius 2 is 2.05 bits per heavy atom. The van der Waals surface area contributed by atoms with Crippen molar-refractivity contribution in [1.82, 2.24) is 29.4 Å². The lowest BCUT2D eigenvalue weighted by Crippen LogP contribution is -2.43. The van der Waals surface area contributed by atoms with Crippen molar-refractivity contribution in [2.45, 2.75) is 25.9 Å². The highest BCUT2D eigenvalue weighted by atomic mass is 16.5. The Morgan fingerprint density at radius 3 is 2.76 bits per heavy atom. The fraction of sp³-hybridized carbons (Fsp3) is 0.500. The molecule has 198 valence electrons. The van der Waals surface area contributed by atoms with Gasteiger partial charge in [-0.25, -0.2) is 4.98 Å². The van der Waals surface area contributed by atoms with Gasteiger partial charge in [-0.3, -0.25) is 19.8 Å². The summed E-state index contributed by atoms with van der Waals surface area (Å²) in [5.41, 5.74) is 3.99. The summed E-state index contributed by atoms with van der Waals surface area (Å²) in [7, 11) is 2.17. The van der Waals surface area contributed by atoms with Gasteiger partial charge in [-0.2, -0.15) is 0 Å².